The Morgan fingerprint density at radius 3 is 1.76 bits per heavy atom. The molecule has 0 spiro atoms. The molecule has 0 saturated heterocycles. The van der Waals surface area contributed by atoms with Gasteiger partial charge < -0.3 is 0 Å². The SMILES string of the molecule is C(Sc1ncccn1)=C(c1ccccc1)c1ccccc1. The van der Waals surface area contributed by atoms with Gasteiger partial charge in [-0.25, -0.2) is 9.97 Å². The molecule has 0 aliphatic carbocycles. The van der Waals surface area contributed by atoms with E-state index < -0.39 is 0 Å². The summed E-state index contributed by atoms with van der Waals surface area (Å²) in [6.45, 7) is 0. The zero-order valence-electron chi connectivity index (χ0n) is 11.4. The zero-order chi connectivity index (χ0) is 14.3. The molecule has 2 nitrogen and oxygen atoms in total. The van der Waals surface area contributed by atoms with Gasteiger partial charge in [-0.3, -0.25) is 0 Å². The van der Waals surface area contributed by atoms with Crippen LogP contribution in [0.2, 0.25) is 0 Å². The van der Waals surface area contributed by atoms with Crippen molar-refractivity contribution in [2.24, 2.45) is 0 Å². The molecule has 0 radical (unpaired) electrons. The van der Waals surface area contributed by atoms with Crippen LogP contribution in [0.5, 0.6) is 0 Å². The van der Waals surface area contributed by atoms with Crippen LogP contribution < -0.4 is 0 Å². The molecular weight excluding hydrogens is 276 g/mol. The van der Waals surface area contributed by atoms with Crippen molar-refractivity contribution < 1.29 is 0 Å². The van der Waals surface area contributed by atoms with Crippen LogP contribution in [0.25, 0.3) is 5.57 Å². The summed E-state index contributed by atoms with van der Waals surface area (Å²) >= 11 is 1.53. The summed E-state index contributed by atoms with van der Waals surface area (Å²) in [5.74, 6) is 0. The number of hydrogen-bond donors (Lipinski definition) is 0. The van der Waals surface area contributed by atoms with Gasteiger partial charge in [-0.15, -0.1) is 0 Å². The number of benzene rings is 2. The van der Waals surface area contributed by atoms with E-state index in [1.165, 1.54) is 28.5 Å². The molecule has 21 heavy (non-hydrogen) atoms. The fourth-order valence-corrected chi connectivity index (χ4v) is 2.73. The lowest BCUT2D eigenvalue weighted by Crippen LogP contribution is -1.87. The highest BCUT2D eigenvalue weighted by atomic mass is 32.2. The molecular formula is C18H14N2S. The minimum atomic E-state index is 0.752. The molecule has 3 rings (SSSR count). The summed E-state index contributed by atoms with van der Waals surface area (Å²) in [5.41, 5.74) is 3.55. The average Bonchev–Trinajstić information content (AvgIpc) is 2.58. The molecule has 2 aromatic carbocycles. The first-order valence-corrected chi connectivity index (χ1v) is 7.56. The maximum absolute atomic E-state index is 4.25. The lowest BCUT2D eigenvalue weighted by molar-refractivity contribution is 0.971. The van der Waals surface area contributed by atoms with Crippen LogP contribution in [0, 0.1) is 0 Å². The van der Waals surface area contributed by atoms with Gasteiger partial charge in [-0.2, -0.15) is 0 Å². The molecule has 0 bridgehead atoms. The van der Waals surface area contributed by atoms with Gasteiger partial charge in [-0.05, 0) is 28.2 Å². The van der Waals surface area contributed by atoms with Gasteiger partial charge in [0.25, 0.3) is 0 Å². The molecule has 1 aromatic heterocycles. The second-order valence-corrected chi connectivity index (χ2v) is 5.25. The van der Waals surface area contributed by atoms with Crippen LogP contribution in [0.1, 0.15) is 11.1 Å². The van der Waals surface area contributed by atoms with Gasteiger partial charge >= 0.3 is 0 Å². The molecule has 3 heteroatoms. The summed E-state index contributed by atoms with van der Waals surface area (Å²) in [5, 5.41) is 2.86. The molecule has 0 fully saturated rings. The zero-order valence-corrected chi connectivity index (χ0v) is 12.2. The fourth-order valence-electron chi connectivity index (χ4n) is 2.00. The number of thioether (sulfide) groups is 1. The van der Waals surface area contributed by atoms with Gasteiger partial charge in [0.15, 0.2) is 5.16 Å². The molecule has 0 N–H and O–H groups in total. The van der Waals surface area contributed by atoms with E-state index >= 15 is 0 Å². The summed E-state index contributed by atoms with van der Waals surface area (Å²) in [6.07, 6.45) is 3.52. The number of hydrogen-bond acceptors (Lipinski definition) is 3. The maximum atomic E-state index is 4.25. The Kier molecular flexibility index (Phi) is 4.44. The summed E-state index contributed by atoms with van der Waals surface area (Å²) < 4.78 is 0. The Morgan fingerprint density at radius 1 is 0.714 bits per heavy atom. The van der Waals surface area contributed by atoms with E-state index in [0.29, 0.717) is 0 Å². The van der Waals surface area contributed by atoms with Gasteiger partial charge in [0.2, 0.25) is 0 Å². The molecule has 0 aliphatic heterocycles. The standard InChI is InChI=1S/C18H14N2S/c1-3-8-15(9-4-1)17(16-10-5-2-6-11-16)14-21-18-19-12-7-13-20-18/h1-14H. The summed E-state index contributed by atoms with van der Waals surface area (Å²) in [7, 11) is 0. The molecule has 1 heterocycles. The Hall–Kier alpha value is -2.39. The van der Waals surface area contributed by atoms with E-state index in [4.69, 9.17) is 0 Å². The third kappa shape index (κ3) is 3.58. The van der Waals surface area contributed by atoms with Crippen LogP contribution >= 0.6 is 11.8 Å². The Labute approximate surface area is 128 Å². The van der Waals surface area contributed by atoms with Crippen LogP contribution in [0.4, 0.5) is 0 Å². The Bertz CT molecular complexity index is 668. The molecule has 0 amide bonds. The highest BCUT2D eigenvalue weighted by Crippen LogP contribution is 2.27. The van der Waals surface area contributed by atoms with Crippen LogP contribution in [0.15, 0.2) is 89.7 Å². The van der Waals surface area contributed by atoms with Crippen molar-refractivity contribution in [3.05, 3.63) is 95.7 Å². The molecule has 102 valence electrons. The smallest absolute Gasteiger partial charge is 0.191 e. The fraction of sp³-hybridized carbons (Fsp3) is 0. The lowest BCUT2D eigenvalue weighted by Gasteiger charge is -2.08. The van der Waals surface area contributed by atoms with Crippen molar-refractivity contribution in [2.45, 2.75) is 5.16 Å². The van der Waals surface area contributed by atoms with E-state index in [0.717, 1.165) is 5.16 Å². The first-order valence-electron chi connectivity index (χ1n) is 6.68. The van der Waals surface area contributed by atoms with Gasteiger partial charge in [0, 0.05) is 12.4 Å². The largest absolute Gasteiger partial charge is 0.231 e. The second-order valence-electron chi connectivity index (χ2n) is 4.41. The van der Waals surface area contributed by atoms with Crippen LogP contribution in [-0.2, 0) is 0 Å². The topological polar surface area (TPSA) is 25.8 Å². The quantitative estimate of drug-likeness (QED) is 0.516. The molecule has 0 saturated carbocycles. The van der Waals surface area contributed by atoms with E-state index in [2.05, 4.69) is 63.9 Å². The predicted octanol–water partition coefficient (Wildman–Crippen LogP) is 4.66. The highest BCUT2D eigenvalue weighted by Gasteiger charge is 2.05. The Balaban J connectivity index is 1.97. The van der Waals surface area contributed by atoms with E-state index in [-0.39, 0.29) is 0 Å². The van der Waals surface area contributed by atoms with Crippen molar-refractivity contribution in [3.63, 3.8) is 0 Å². The van der Waals surface area contributed by atoms with Crippen molar-refractivity contribution in [2.75, 3.05) is 0 Å². The normalized spacial score (nSPS) is 10.1. The maximum Gasteiger partial charge on any atom is 0.191 e. The average molecular weight is 290 g/mol. The predicted molar refractivity (Wildman–Crippen MR) is 87.9 cm³/mol. The highest BCUT2D eigenvalue weighted by molar-refractivity contribution is 8.02. The minimum Gasteiger partial charge on any atom is -0.231 e. The summed E-state index contributed by atoms with van der Waals surface area (Å²) in [4.78, 5) is 8.49. The molecule has 3 aromatic rings. The Morgan fingerprint density at radius 2 is 1.24 bits per heavy atom. The lowest BCUT2D eigenvalue weighted by atomic mass is 10.00. The second kappa shape index (κ2) is 6.86. The monoisotopic (exact) mass is 290 g/mol. The minimum absolute atomic E-state index is 0.752. The third-order valence-electron chi connectivity index (χ3n) is 2.99. The van der Waals surface area contributed by atoms with Crippen molar-refractivity contribution in [1.29, 1.82) is 0 Å². The van der Waals surface area contributed by atoms with Crippen molar-refractivity contribution >= 4 is 17.3 Å². The molecule has 0 aliphatic rings. The van der Waals surface area contributed by atoms with Gasteiger partial charge in [0.05, 0.1) is 0 Å². The number of rotatable bonds is 4. The van der Waals surface area contributed by atoms with Crippen molar-refractivity contribution in [1.82, 2.24) is 9.97 Å². The van der Waals surface area contributed by atoms with Crippen LogP contribution in [-0.4, -0.2) is 9.97 Å². The van der Waals surface area contributed by atoms with Crippen molar-refractivity contribution in [3.8, 4) is 0 Å². The first kappa shape index (κ1) is 13.6. The number of nitrogens with zero attached hydrogens (tertiary/aromatic N) is 2. The van der Waals surface area contributed by atoms with E-state index in [1.54, 1.807) is 12.4 Å². The molecule has 0 unspecified atom stereocenters. The number of aromatic nitrogens is 2. The van der Waals surface area contributed by atoms with Gasteiger partial charge in [-0.1, -0.05) is 72.4 Å². The van der Waals surface area contributed by atoms with Crippen LogP contribution in [0.3, 0.4) is 0 Å². The van der Waals surface area contributed by atoms with E-state index in [9.17, 15) is 0 Å². The summed E-state index contributed by atoms with van der Waals surface area (Å²) in [6, 6.07) is 22.5. The molecule has 0 atom stereocenters. The third-order valence-corrected chi connectivity index (χ3v) is 3.77. The van der Waals surface area contributed by atoms with E-state index in [1.807, 2.05) is 18.2 Å². The first-order chi connectivity index (χ1) is 10.4. The van der Waals surface area contributed by atoms with Gasteiger partial charge in [0.1, 0.15) is 0 Å².